The number of aryl methyl sites for hydroxylation is 1. The van der Waals surface area contributed by atoms with E-state index in [0.717, 1.165) is 5.56 Å². The smallest absolute Gasteiger partial charge is 0.241 e. The van der Waals surface area contributed by atoms with Gasteiger partial charge in [-0.25, -0.2) is 13.1 Å². The van der Waals surface area contributed by atoms with Crippen LogP contribution in [0.2, 0.25) is 5.02 Å². The molecule has 0 saturated heterocycles. The Morgan fingerprint density at radius 3 is 2.73 bits per heavy atom. The molecule has 0 radical (unpaired) electrons. The first-order valence-electron chi connectivity index (χ1n) is 7.73. The van der Waals surface area contributed by atoms with Gasteiger partial charge in [0.1, 0.15) is 0 Å². The Bertz CT molecular complexity index is 1010. The third-order valence-electron chi connectivity index (χ3n) is 3.90. The third-order valence-corrected chi connectivity index (χ3v) is 5.53. The Morgan fingerprint density at radius 1 is 1.23 bits per heavy atom. The van der Waals surface area contributed by atoms with Crippen molar-refractivity contribution in [2.75, 3.05) is 17.2 Å². The van der Waals surface area contributed by atoms with Crippen molar-refractivity contribution in [3.05, 3.63) is 52.5 Å². The predicted molar refractivity (Wildman–Crippen MR) is 98.8 cm³/mol. The number of sulfonamides is 1. The largest absolute Gasteiger partial charge is 0.326 e. The summed E-state index contributed by atoms with van der Waals surface area (Å²) in [6.07, 6.45) is 0.134. The van der Waals surface area contributed by atoms with Gasteiger partial charge in [0.15, 0.2) is 0 Å². The van der Waals surface area contributed by atoms with E-state index in [2.05, 4.69) is 15.4 Å². The van der Waals surface area contributed by atoms with Crippen molar-refractivity contribution in [1.29, 1.82) is 0 Å². The van der Waals surface area contributed by atoms with E-state index < -0.39 is 22.5 Å². The Kier molecular flexibility index (Phi) is 4.99. The molecule has 0 unspecified atom stereocenters. The number of hydrogen-bond acceptors (Lipinski definition) is 4. The summed E-state index contributed by atoms with van der Waals surface area (Å²) >= 11 is 5.86. The maximum atomic E-state index is 12.4. The molecule has 9 heteroatoms. The van der Waals surface area contributed by atoms with E-state index >= 15 is 0 Å². The predicted octanol–water partition coefficient (Wildman–Crippen LogP) is 2.06. The van der Waals surface area contributed by atoms with Crippen molar-refractivity contribution in [2.24, 2.45) is 0 Å². The van der Waals surface area contributed by atoms with E-state index in [0.29, 0.717) is 22.0 Å². The van der Waals surface area contributed by atoms with Gasteiger partial charge in [0.05, 0.1) is 17.9 Å². The molecule has 7 nitrogen and oxygen atoms in total. The number of hydrogen-bond donors (Lipinski definition) is 3. The van der Waals surface area contributed by atoms with Crippen molar-refractivity contribution in [3.63, 3.8) is 0 Å². The van der Waals surface area contributed by atoms with Gasteiger partial charge in [0, 0.05) is 16.4 Å². The van der Waals surface area contributed by atoms with Crippen LogP contribution in [0, 0.1) is 6.92 Å². The third kappa shape index (κ3) is 4.04. The summed E-state index contributed by atoms with van der Waals surface area (Å²) in [5.74, 6) is -0.683. The van der Waals surface area contributed by atoms with Crippen molar-refractivity contribution >= 4 is 44.8 Å². The first kappa shape index (κ1) is 18.4. The molecule has 2 amide bonds. The topological polar surface area (TPSA) is 104 Å². The summed E-state index contributed by atoms with van der Waals surface area (Å²) in [6, 6.07) is 9.32. The van der Waals surface area contributed by atoms with Gasteiger partial charge < -0.3 is 10.6 Å². The molecule has 1 heterocycles. The standard InChI is InChI=1S/C17H16ClN3O4S/c1-10-6-12(18)2-4-14(10)20-17(23)9-19-26(24,25)13-3-5-15-11(7-13)8-16(22)21-15/h2-7,19H,8-9H2,1H3,(H,20,23)(H,21,22). The fourth-order valence-corrected chi connectivity index (χ4v) is 3.84. The van der Waals surface area contributed by atoms with Gasteiger partial charge in [0.25, 0.3) is 0 Å². The van der Waals surface area contributed by atoms with Crippen LogP contribution < -0.4 is 15.4 Å². The Labute approximate surface area is 155 Å². The molecule has 0 atom stereocenters. The second-order valence-electron chi connectivity index (χ2n) is 5.88. The molecule has 2 aromatic carbocycles. The highest BCUT2D eigenvalue weighted by Crippen LogP contribution is 2.25. The lowest BCUT2D eigenvalue weighted by atomic mass is 10.2. The molecule has 0 spiro atoms. The Hall–Kier alpha value is -2.42. The van der Waals surface area contributed by atoms with Crippen LogP contribution in [0.3, 0.4) is 0 Å². The number of nitrogens with one attached hydrogen (secondary N) is 3. The highest BCUT2D eigenvalue weighted by atomic mass is 35.5. The van der Waals surface area contributed by atoms with Crippen LogP contribution in [0.15, 0.2) is 41.3 Å². The van der Waals surface area contributed by atoms with Crippen LogP contribution in [0.1, 0.15) is 11.1 Å². The lowest BCUT2D eigenvalue weighted by molar-refractivity contribution is -0.115. The zero-order valence-corrected chi connectivity index (χ0v) is 15.4. The van der Waals surface area contributed by atoms with Crippen molar-refractivity contribution < 1.29 is 18.0 Å². The van der Waals surface area contributed by atoms with Gasteiger partial charge in [-0.3, -0.25) is 9.59 Å². The van der Waals surface area contributed by atoms with Gasteiger partial charge in [-0.15, -0.1) is 0 Å². The highest BCUT2D eigenvalue weighted by molar-refractivity contribution is 7.89. The van der Waals surface area contributed by atoms with E-state index in [4.69, 9.17) is 11.6 Å². The van der Waals surface area contributed by atoms with Crippen LogP contribution in [0.4, 0.5) is 11.4 Å². The normalized spacial score (nSPS) is 13.2. The molecule has 0 fully saturated rings. The molecule has 0 aromatic heterocycles. The fraction of sp³-hybridized carbons (Fsp3) is 0.176. The Morgan fingerprint density at radius 2 is 2.00 bits per heavy atom. The highest BCUT2D eigenvalue weighted by Gasteiger charge is 2.22. The molecular weight excluding hydrogens is 378 g/mol. The fourth-order valence-electron chi connectivity index (χ4n) is 2.58. The zero-order valence-electron chi connectivity index (χ0n) is 13.8. The second-order valence-corrected chi connectivity index (χ2v) is 8.08. The van der Waals surface area contributed by atoms with Crippen LogP contribution in [-0.2, 0) is 26.0 Å². The van der Waals surface area contributed by atoms with Gasteiger partial charge in [0.2, 0.25) is 21.8 Å². The quantitative estimate of drug-likeness (QED) is 0.723. The molecule has 1 aliphatic rings. The lowest BCUT2D eigenvalue weighted by Crippen LogP contribution is -2.33. The first-order chi connectivity index (χ1) is 12.2. The minimum Gasteiger partial charge on any atom is -0.326 e. The van der Waals surface area contributed by atoms with Gasteiger partial charge >= 0.3 is 0 Å². The molecule has 26 heavy (non-hydrogen) atoms. The molecule has 0 aliphatic carbocycles. The number of anilines is 2. The molecule has 2 aromatic rings. The number of rotatable bonds is 5. The summed E-state index contributed by atoms with van der Waals surface area (Å²) < 4.78 is 27.0. The van der Waals surface area contributed by atoms with Crippen LogP contribution in [0.5, 0.6) is 0 Å². The van der Waals surface area contributed by atoms with Crippen LogP contribution in [-0.4, -0.2) is 26.8 Å². The summed E-state index contributed by atoms with van der Waals surface area (Å²) in [5, 5.41) is 5.81. The molecule has 136 valence electrons. The number of carbonyl (C=O) groups excluding carboxylic acids is 2. The molecule has 3 rings (SSSR count). The van der Waals surface area contributed by atoms with Crippen molar-refractivity contribution in [1.82, 2.24) is 4.72 Å². The minimum atomic E-state index is -3.87. The van der Waals surface area contributed by atoms with E-state index in [9.17, 15) is 18.0 Å². The molecule has 0 bridgehead atoms. The maximum absolute atomic E-state index is 12.4. The zero-order chi connectivity index (χ0) is 18.9. The molecular formula is C17H16ClN3O4S. The number of amides is 2. The summed E-state index contributed by atoms with van der Waals surface area (Å²) in [7, 11) is -3.87. The summed E-state index contributed by atoms with van der Waals surface area (Å²) in [5.41, 5.74) is 2.54. The van der Waals surface area contributed by atoms with Gasteiger partial charge in [-0.1, -0.05) is 11.6 Å². The molecule has 0 saturated carbocycles. The van der Waals surface area contributed by atoms with Crippen LogP contribution >= 0.6 is 11.6 Å². The lowest BCUT2D eigenvalue weighted by Gasteiger charge is -2.10. The monoisotopic (exact) mass is 393 g/mol. The van der Waals surface area contributed by atoms with E-state index in [-0.39, 0.29) is 17.2 Å². The number of fused-ring (bicyclic) bond motifs is 1. The average molecular weight is 394 g/mol. The molecule has 1 aliphatic heterocycles. The van der Waals surface area contributed by atoms with Gasteiger partial charge in [-0.05, 0) is 54.4 Å². The number of halogens is 1. The van der Waals surface area contributed by atoms with E-state index in [1.165, 1.54) is 18.2 Å². The van der Waals surface area contributed by atoms with E-state index in [1.54, 1.807) is 25.1 Å². The Balaban J connectivity index is 1.66. The number of carbonyl (C=O) groups is 2. The number of benzene rings is 2. The van der Waals surface area contributed by atoms with Crippen LogP contribution in [0.25, 0.3) is 0 Å². The van der Waals surface area contributed by atoms with Gasteiger partial charge in [-0.2, -0.15) is 0 Å². The minimum absolute atomic E-state index is 0.00298. The van der Waals surface area contributed by atoms with Crippen molar-refractivity contribution in [2.45, 2.75) is 18.2 Å². The van der Waals surface area contributed by atoms with E-state index in [1.807, 2.05) is 0 Å². The second kappa shape index (κ2) is 7.06. The summed E-state index contributed by atoms with van der Waals surface area (Å²) in [6.45, 7) is 1.37. The molecule has 3 N–H and O–H groups in total. The summed E-state index contributed by atoms with van der Waals surface area (Å²) in [4.78, 5) is 23.4. The first-order valence-corrected chi connectivity index (χ1v) is 9.59. The SMILES string of the molecule is Cc1cc(Cl)ccc1NC(=O)CNS(=O)(=O)c1ccc2c(c1)CC(=O)N2. The van der Waals surface area contributed by atoms with Crippen molar-refractivity contribution in [3.8, 4) is 0 Å². The maximum Gasteiger partial charge on any atom is 0.241 e. The average Bonchev–Trinajstić information content (AvgIpc) is 2.95.